The Balaban J connectivity index is 2.72. The second-order valence-corrected chi connectivity index (χ2v) is 6.44. The van der Waals surface area contributed by atoms with Crippen molar-refractivity contribution in [2.75, 3.05) is 5.75 Å². The number of nitrogens with one attached hydrogen (secondary N) is 1. The van der Waals surface area contributed by atoms with Crippen LogP contribution in [-0.4, -0.2) is 33.7 Å². The van der Waals surface area contributed by atoms with Crippen molar-refractivity contribution < 1.29 is 9.90 Å². The number of carboxylic acid groups (broad SMARTS) is 1. The first-order valence-corrected chi connectivity index (χ1v) is 7.17. The minimum absolute atomic E-state index is 0.224. The molecule has 0 heterocycles. The number of rotatable bonds is 5. The molecular weight excluding hydrogens is 222 g/mol. The largest absolute Gasteiger partial charge is 0.480 e. The lowest BCUT2D eigenvalue weighted by Gasteiger charge is -2.39. The Kier molecular flexibility index (Phi) is 5.12. The highest BCUT2D eigenvalue weighted by atomic mass is 32.2. The molecule has 16 heavy (non-hydrogen) atoms. The lowest BCUT2D eigenvalue weighted by atomic mass is 9.81. The molecule has 0 aromatic carbocycles. The van der Waals surface area contributed by atoms with Crippen molar-refractivity contribution in [2.45, 2.75) is 63.3 Å². The number of aliphatic carboxylic acids is 1. The van der Waals surface area contributed by atoms with E-state index in [-0.39, 0.29) is 6.04 Å². The smallest absolute Gasteiger partial charge is 0.323 e. The zero-order valence-electron chi connectivity index (χ0n) is 10.5. The Labute approximate surface area is 102 Å². The summed E-state index contributed by atoms with van der Waals surface area (Å²) in [6.45, 7) is 6.17. The molecule has 4 heteroatoms. The van der Waals surface area contributed by atoms with E-state index in [0.29, 0.717) is 5.25 Å². The summed E-state index contributed by atoms with van der Waals surface area (Å²) in [5, 5.41) is 13.2. The first-order valence-electron chi connectivity index (χ1n) is 6.13. The number of carbonyl (C=O) groups is 1. The maximum Gasteiger partial charge on any atom is 0.323 e. The third-order valence-corrected chi connectivity index (χ3v) is 4.29. The van der Waals surface area contributed by atoms with Crippen molar-refractivity contribution in [3.8, 4) is 0 Å². The number of carboxylic acids is 1. The minimum Gasteiger partial charge on any atom is -0.480 e. The summed E-state index contributed by atoms with van der Waals surface area (Å²) in [6, 6.07) is 0.224. The first kappa shape index (κ1) is 13.8. The van der Waals surface area contributed by atoms with Crippen molar-refractivity contribution in [3.05, 3.63) is 0 Å². The van der Waals surface area contributed by atoms with E-state index in [4.69, 9.17) is 0 Å². The molecule has 2 N–H and O–H groups in total. The van der Waals surface area contributed by atoms with Crippen LogP contribution in [-0.2, 0) is 4.79 Å². The van der Waals surface area contributed by atoms with Crippen molar-refractivity contribution >= 4 is 17.7 Å². The van der Waals surface area contributed by atoms with E-state index in [1.807, 2.05) is 25.6 Å². The second kappa shape index (κ2) is 5.92. The van der Waals surface area contributed by atoms with Gasteiger partial charge >= 0.3 is 5.97 Å². The van der Waals surface area contributed by atoms with Crippen LogP contribution in [0, 0.1) is 0 Å². The molecule has 1 fully saturated rings. The highest BCUT2D eigenvalue weighted by molar-refractivity contribution is 7.99. The molecule has 0 radical (unpaired) electrons. The molecule has 0 amide bonds. The fraction of sp³-hybridized carbons (Fsp3) is 0.917. The monoisotopic (exact) mass is 245 g/mol. The maximum atomic E-state index is 11.5. The standard InChI is InChI=1S/C12H23NO2S/c1-4-16-10-6-5-7-12(8-10,11(14)15)13-9(2)3/h9-10,13H,4-8H2,1-3H3,(H,14,15). The number of hydrogen-bond donors (Lipinski definition) is 2. The maximum absolute atomic E-state index is 11.5. The van der Waals surface area contributed by atoms with Crippen molar-refractivity contribution in [1.82, 2.24) is 5.32 Å². The summed E-state index contributed by atoms with van der Waals surface area (Å²) >= 11 is 1.90. The van der Waals surface area contributed by atoms with Gasteiger partial charge in [-0.2, -0.15) is 11.8 Å². The highest BCUT2D eigenvalue weighted by Gasteiger charge is 2.43. The van der Waals surface area contributed by atoms with Crippen molar-refractivity contribution in [1.29, 1.82) is 0 Å². The van der Waals surface area contributed by atoms with Crippen LogP contribution in [0.2, 0.25) is 0 Å². The molecule has 3 nitrogen and oxygen atoms in total. The Bertz CT molecular complexity index is 243. The van der Waals surface area contributed by atoms with Gasteiger partial charge in [-0.3, -0.25) is 10.1 Å². The van der Waals surface area contributed by atoms with Crippen LogP contribution in [0.5, 0.6) is 0 Å². The molecular formula is C12H23NO2S. The van der Waals surface area contributed by atoms with Crippen LogP contribution in [0.4, 0.5) is 0 Å². The predicted octanol–water partition coefficient (Wildman–Crippen LogP) is 2.50. The van der Waals surface area contributed by atoms with Gasteiger partial charge in [-0.05, 0) is 45.3 Å². The highest BCUT2D eigenvalue weighted by Crippen LogP contribution is 2.35. The molecule has 0 aromatic rings. The minimum atomic E-state index is -0.681. The zero-order chi connectivity index (χ0) is 12.2. The van der Waals surface area contributed by atoms with E-state index in [1.54, 1.807) is 0 Å². The molecule has 0 aromatic heterocycles. The van der Waals surface area contributed by atoms with Crippen LogP contribution in [0.25, 0.3) is 0 Å². The van der Waals surface area contributed by atoms with Gasteiger partial charge in [0.25, 0.3) is 0 Å². The van der Waals surface area contributed by atoms with Gasteiger partial charge in [0.15, 0.2) is 0 Å². The summed E-state index contributed by atoms with van der Waals surface area (Å²) in [4.78, 5) is 11.5. The van der Waals surface area contributed by atoms with Gasteiger partial charge in [0.1, 0.15) is 5.54 Å². The van der Waals surface area contributed by atoms with Crippen LogP contribution >= 0.6 is 11.8 Å². The molecule has 0 saturated heterocycles. The van der Waals surface area contributed by atoms with Gasteiger partial charge in [-0.25, -0.2) is 0 Å². The van der Waals surface area contributed by atoms with E-state index in [1.165, 1.54) is 0 Å². The molecule has 0 spiro atoms. The molecule has 1 rings (SSSR count). The molecule has 94 valence electrons. The van der Waals surface area contributed by atoms with Crippen LogP contribution < -0.4 is 5.32 Å². The first-order chi connectivity index (χ1) is 7.50. The molecule has 0 bridgehead atoms. The molecule has 2 unspecified atom stereocenters. The summed E-state index contributed by atoms with van der Waals surface area (Å²) in [5.74, 6) is 0.393. The van der Waals surface area contributed by atoms with Gasteiger partial charge in [0.2, 0.25) is 0 Å². The van der Waals surface area contributed by atoms with Crippen LogP contribution in [0.3, 0.4) is 0 Å². The third kappa shape index (κ3) is 3.39. The quantitative estimate of drug-likeness (QED) is 0.781. The predicted molar refractivity (Wildman–Crippen MR) is 69.0 cm³/mol. The normalized spacial score (nSPS) is 30.6. The average Bonchev–Trinajstić information content (AvgIpc) is 2.17. The molecule has 1 aliphatic rings. The molecule has 2 atom stereocenters. The fourth-order valence-electron chi connectivity index (χ4n) is 2.54. The summed E-state index contributed by atoms with van der Waals surface area (Å²) < 4.78 is 0. The van der Waals surface area contributed by atoms with E-state index in [0.717, 1.165) is 31.4 Å². The van der Waals surface area contributed by atoms with Gasteiger partial charge in [0.05, 0.1) is 0 Å². The Morgan fingerprint density at radius 1 is 1.62 bits per heavy atom. The van der Waals surface area contributed by atoms with Gasteiger partial charge in [-0.15, -0.1) is 0 Å². The zero-order valence-corrected chi connectivity index (χ0v) is 11.3. The van der Waals surface area contributed by atoms with Crippen LogP contribution in [0.1, 0.15) is 46.5 Å². The van der Waals surface area contributed by atoms with Crippen LogP contribution in [0.15, 0.2) is 0 Å². The molecule has 1 saturated carbocycles. The third-order valence-electron chi connectivity index (χ3n) is 3.08. The summed E-state index contributed by atoms with van der Waals surface area (Å²) in [6.07, 6.45) is 3.71. The molecule has 1 aliphatic carbocycles. The summed E-state index contributed by atoms with van der Waals surface area (Å²) in [7, 11) is 0. The van der Waals surface area contributed by atoms with E-state index >= 15 is 0 Å². The van der Waals surface area contributed by atoms with Gasteiger partial charge in [0, 0.05) is 11.3 Å². The Morgan fingerprint density at radius 3 is 2.81 bits per heavy atom. The number of thioether (sulfide) groups is 1. The van der Waals surface area contributed by atoms with Gasteiger partial charge in [-0.1, -0.05) is 6.92 Å². The second-order valence-electron chi connectivity index (χ2n) is 4.86. The lowest BCUT2D eigenvalue weighted by Crippen LogP contribution is -2.57. The Morgan fingerprint density at radius 2 is 2.31 bits per heavy atom. The van der Waals surface area contributed by atoms with E-state index in [2.05, 4.69) is 12.2 Å². The summed E-state index contributed by atoms with van der Waals surface area (Å²) in [5.41, 5.74) is -0.681. The Hall–Kier alpha value is -0.220. The lowest BCUT2D eigenvalue weighted by molar-refractivity contribution is -0.146. The van der Waals surface area contributed by atoms with Crippen molar-refractivity contribution in [2.24, 2.45) is 0 Å². The van der Waals surface area contributed by atoms with Gasteiger partial charge < -0.3 is 5.11 Å². The van der Waals surface area contributed by atoms with E-state index in [9.17, 15) is 9.90 Å². The molecule has 0 aliphatic heterocycles. The fourth-order valence-corrected chi connectivity index (χ4v) is 3.75. The topological polar surface area (TPSA) is 49.3 Å². The average molecular weight is 245 g/mol. The SMILES string of the molecule is CCSC1CCCC(NC(C)C)(C(=O)O)C1. The van der Waals surface area contributed by atoms with Crippen molar-refractivity contribution in [3.63, 3.8) is 0 Å². The van der Waals surface area contributed by atoms with E-state index < -0.39 is 11.5 Å². The number of hydrogen-bond acceptors (Lipinski definition) is 3.